The van der Waals surface area contributed by atoms with Gasteiger partial charge in [0.05, 0.1) is 10.7 Å². The summed E-state index contributed by atoms with van der Waals surface area (Å²) in [6, 6.07) is 1.78. The molecule has 0 heterocycles. The summed E-state index contributed by atoms with van der Waals surface area (Å²) in [5.74, 6) is -1.46. The molecule has 0 aliphatic rings. The van der Waals surface area contributed by atoms with E-state index in [1.54, 1.807) is 0 Å². The molecule has 6 nitrogen and oxygen atoms in total. The third kappa shape index (κ3) is 4.88. The Morgan fingerprint density at radius 2 is 2.05 bits per heavy atom. The summed E-state index contributed by atoms with van der Waals surface area (Å²) in [5, 5.41) is 2.21. The van der Waals surface area contributed by atoms with Crippen LogP contribution in [0.3, 0.4) is 0 Å². The van der Waals surface area contributed by atoms with Gasteiger partial charge in [-0.1, -0.05) is 11.6 Å². The number of carbonyl (C=O) groups is 1. The SMILES string of the molecule is CC(=O)Nc1cc(F)c(S(=O)(=O)NCCN)cc1Cl.Cl. The smallest absolute Gasteiger partial charge is 0.243 e. The molecule has 0 radical (unpaired) electrons. The maximum atomic E-state index is 13.7. The Morgan fingerprint density at radius 1 is 1.45 bits per heavy atom. The van der Waals surface area contributed by atoms with E-state index >= 15 is 0 Å². The van der Waals surface area contributed by atoms with Crippen molar-refractivity contribution in [3.8, 4) is 0 Å². The predicted molar refractivity (Wildman–Crippen MR) is 77.2 cm³/mol. The fourth-order valence-corrected chi connectivity index (χ4v) is 2.70. The zero-order valence-electron chi connectivity index (χ0n) is 10.4. The molecule has 0 bridgehead atoms. The molecule has 114 valence electrons. The fraction of sp³-hybridized carbons (Fsp3) is 0.300. The van der Waals surface area contributed by atoms with Crippen molar-refractivity contribution in [2.24, 2.45) is 5.73 Å². The Kier molecular flexibility index (Phi) is 7.39. The lowest BCUT2D eigenvalue weighted by molar-refractivity contribution is -0.114. The molecule has 1 aromatic carbocycles. The molecular weight excluding hydrogens is 332 g/mol. The minimum absolute atomic E-state index is 0. The number of nitrogens with one attached hydrogen (secondary N) is 2. The van der Waals surface area contributed by atoms with Crippen LogP contribution in [0.2, 0.25) is 5.02 Å². The average molecular weight is 346 g/mol. The molecule has 1 rings (SSSR count). The molecule has 0 aliphatic carbocycles. The van der Waals surface area contributed by atoms with Gasteiger partial charge in [0.25, 0.3) is 0 Å². The van der Waals surface area contributed by atoms with E-state index in [4.69, 9.17) is 17.3 Å². The van der Waals surface area contributed by atoms with Crippen LogP contribution in [-0.2, 0) is 14.8 Å². The largest absolute Gasteiger partial charge is 0.329 e. The summed E-state index contributed by atoms with van der Waals surface area (Å²) in [6.07, 6.45) is 0. The van der Waals surface area contributed by atoms with Crippen molar-refractivity contribution < 1.29 is 17.6 Å². The quantitative estimate of drug-likeness (QED) is 0.743. The van der Waals surface area contributed by atoms with Crippen LogP contribution < -0.4 is 15.8 Å². The van der Waals surface area contributed by atoms with Gasteiger partial charge >= 0.3 is 0 Å². The number of carbonyl (C=O) groups excluding carboxylic acids is 1. The summed E-state index contributed by atoms with van der Waals surface area (Å²) in [5.41, 5.74) is 5.17. The number of halogens is 3. The average Bonchev–Trinajstić information content (AvgIpc) is 2.30. The van der Waals surface area contributed by atoms with Gasteiger partial charge in [0.1, 0.15) is 10.7 Å². The van der Waals surface area contributed by atoms with Crippen molar-refractivity contribution in [1.29, 1.82) is 0 Å². The van der Waals surface area contributed by atoms with Gasteiger partial charge in [-0.15, -0.1) is 12.4 Å². The van der Waals surface area contributed by atoms with Crippen LogP contribution in [0.5, 0.6) is 0 Å². The lowest BCUT2D eigenvalue weighted by Gasteiger charge is -2.10. The van der Waals surface area contributed by atoms with Crippen LogP contribution in [0.1, 0.15) is 6.92 Å². The van der Waals surface area contributed by atoms with Gasteiger partial charge < -0.3 is 11.1 Å². The minimum atomic E-state index is -4.02. The summed E-state index contributed by atoms with van der Waals surface area (Å²) >= 11 is 5.79. The first-order valence-corrected chi connectivity index (χ1v) is 7.10. The van der Waals surface area contributed by atoms with Crippen molar-refractivity contribution in [2.75, 3.05) is 18.4 Å². The topological polar surface area (TPSA) is 101 Å². The molecule has 1 aromatic rings. The van der Waals surface area contributed by atoms with Crippen LogP contribution in [0, 0.1) is 5.82 Å². The lowest BCUT2D eigenvalue weighted by atomic mass is 10.3. The van der Waals surface area contributed by atoms with E-state index in [9.17, 15) is 17.6 Å². The zero-order valence-corrected chi connectivity index (χ0v) is 12.8. The molecule has 1 amide bonds. The maximum absolute atomic E-state index is 13.7. The van der Waals surface area contributed by atoms with Gasteiger partial charge in [-0.25, -0.2) is 17.5 Å². The van der Waals surface area contributed by atoms with Crippen LogP contribution in [0.15, 0.2) is 17.0 Å². The van der Waals surface area contributed by atoms with Crippen molar-refractivity contribution in [1.82, 2.24) is 4.72 Å². The van der Waals surface area contributed by atoms with Crippen molar-refractivity contribution in [3.05, 3.63) is 23.0 Å². The first-order chi connectivity index (χ1) is 8.77. The molecule has 0 fully saturated rings. The molecule has 20 heavy (non-hydrogen) atoms. The second-order valence-electron chi connectivity index (χ2n) is 3.63. The molecular formula is C10H14Cl2FN3O3S. The van der Waals surface area contributed by atoms with Gasteiger partial charge in [-0.05, 0) is 6.07 Å². The molecule has 4 N–H and O–H groups in total. The first kappa shape index (κ1) is 19.1. The minimum Gasteiger partial charge on any atom is -0.329 e. The summed E-state index contributed by atoms with van der Waals surface area (Å²) in [4.78, 5) is 10.3. The fourth-order valence-electron chi connectivity index (χ4n) is 1.29. The highest BCUT2D eigenvalue weighted by atomic mass is 35.5. The molecule has 10 heteroatoms. The summed E-state index contributed by atoms with van der Waals surface area (Å²) in [7, 11) is -4.02. The van der Waals surface area contributed by atoms with Crippen LogP contribution in [0.4, 0.5) is 10.1 Å². The number of hydrogen-bond donors (Lipinski definition) is 3. The third-order valence-electron chi connectivity index (χ3n) is 2.06. The highest BCUT2D eigenvalue weighted by Gasteiger charge is 2.21. The molecule has 0 spiro atoms. The second-order valence-corrected chi connectivity index (χ2v) is 5.77. The summed E-state index contributed by atoms with van der Waals surface area (Å²) in [6.45, 7) is 1.28. The number of anilines is 1. The number of rotatable bonds is 5. The molecule has 0 atom stereocenters. The molecule has 0 aromatic heterocycles. The Morgan fingerprint density at radius 3 is 2.55 bits per heavy atom. The van der Waals surface area contributed by atoms with Gasteiger partial charge in [0.15, 0.2) is 0 Å². The maximum Gasteiger partial charge on any atom is 0.243 e. The van der Waals surface area contributed by atoms with Gasteiger partial charge in [-0.2, -0.15) is 0 Å². The highest BCUT2D eigenvalue weighted by molar-refractivity contribution is 7.89. The van der Waals surface area contributed by atoms with Crippen molar-refractivity contribution in [2.45, 2.75) is 11.8 Å². The monoisotopic (exact) mass is 345 g/mol. The van der Waals surface area contributed by atoms with E-state index in [2.05, 4.69) is 10.0 Å². The van der Waals surface area contributed by atoms with Crippen LogP contribution in [0.25, 0.3) is 0 Å². The van der Waals surface area contributed by atoms with E-state index in [0.29, 0.717) is 0 Å². The van der Waals surface area contributed by atoms with Gasteiger partial charge in [0, 0.05) is 26.1 Å². The molecule has 0 saturated heterocycles. The highest BCUT2D eigenvalue weighted by Crippen LogP contribution is 2.27. The first-order valence-electron chi connectivity index (χ1n) is 5.24. The van der Waals surface area contributed by atoms with Crippen molar-refractivity contribution in [3.63, 3.8) is 0 Å². The number of hydrogen-bond acceptors (Lipinski definition) is 4. The Bertz CT molecular complexity index is 596. The number of benzene rings is 1. The standard InChI is InChI=1S/C10H13ClFN3O3S.ClH/c1-6(16)15-9-5-8(12)10(4-7(9)11)19(17,18)14-3-2-13;/h4-5,14H,2-3,13H2,1H3,(H,15,16);1H. The van der Waals surface area contributed by atoms with Gasteiger partial charge in [-0.3, -0.25) is 4.79 Å². The number of nitrogens with two attached hydrogens (primary N) is 1. The van der Waals surface area contributed by atoms with E-state index in [1.807, 2.05) is 0 Å². The van der Waals surface area contributed by atoms with Crippen LogP contribution >= 0.6 is 24.0 Å². The Hall–Kier alpha value is -0.930. The summed E-state index contributed by atoms with van der Waals surface area (Å²) < 4.78 is 39.3. The zero-order chi connectivity index (χ0) is 14.6. The number of amides is 1. The Labute approximate surface area is 127 Å². The lowest BCUT2D eigenvalue weighted by Crippen LogP contribution is -2.29. The molecule has 0 saturated carbocycles. The van der Waals surface area contributed by atoms with Gasteiger partial charge in [0.2, 0.25) is 15.9 Å². The van der Waals surface area contributed by atoms with Crippen molar-refractivity contribution >= 4 is 45.6 Å². The third-order valence-corrected chi connectivity index (χ3v) is 3.85. The van der Waals surface area contributed by atoms with E-state index in [-0.39, 0.29) is 36.2 Å². The van der Waals surface area contributed by atoms with Crippen LogP contribution in [-0.4, -0.2) is 27.4 Å². The molecule has 0 unspecified atom stereocenters. The normalized spacial score (nSPS) is 10.8. The van der Waals surface area contributed by atoms with E-state index < -0.39 is 26.6 Å². The second kappa shape index (κ2) is 7.75. The molecule has 0 aliphatic heterocycles. The van der Waals surface area contributed by atoms with E-state index in [0.717, 1.165) is 12.1 Å². The van der Waals surface area contributed by atoms with E-state index in [1.165, 1.54) is 6.92 Å². The number of sulfonamides is 1. The predicted octanol–water partition coefficient (Wildman–Crippen LogP) is 1.10. The Balaban J connectivity index is 0.00000361.